The minimum atomic E-state index is -0.281. The largest absolute Gasteiger partial charge is 0.378 e. The molecule has 0 saturated carbocycles. The number of H-pyrrole nitrogens is 1. The third kappa shape index (κ3) is 2.28. The van der Waals surface area contributed by atoms with Gasteiger partial charge in [0.05, 0.1) is 6.54 Å². The molecule has 0 bridgehead atoms. The van der Waals surface area contributed by atoms with Crippen LogP contribution in [0.15, 0.2) is 29.1 Å². The fourth-order valence-corrected chi connectivity index (χ4v) is 1.29. The zero-order valence-corrected chi connectivity index (χ0v) is 8.70. The third-order valence-electron chi connectivity index (χ3n) is 2.12. The minimum Gasteiger partial charge on any atom is -0.378 e. The van der Waals surface area contributed by atoms with Gasteiger partial charge in [-0.3, -0.25) is 4.98 Å². The number of nitrogens with zero attached hydrogens (tertiary/aromatic N) is 2. The first-order chi connectivity index (χ1) is 7.65. The lowest BCUT2D eigenvalue weighted by Gasteiger charge is -2.02. The third-order valence-corrected chi connectivity index (χ3v) is 2.12. The summed E-state index contributed by atoms with van der Waals surface area (Å²) in [5, 5.41) is 6.97. The van der Waals surface area contributed by atoms with Crippen LogP contribution in [0.5, 0.6) is 0 Å². The number of aryl methyl sites for hydroxylation is 1. The van der Waals surface area contributed by atoms with Gasteiger partial charge in [0, 0.05) is 12.7 Å². The lowest BCUT2D eigenvalue weighted by molar-refractivity contribution is 0.628. The summed E-state index contributed by atoms with van der Waals surface area (Å²) in [5.41, 5.74) is 0.517. The molecule has 0 unspecified atom stereocenters. The summed E-state index contributed by atoms with van der Waals surface area (Å²) in [7, 11) is 1.57. The summed E-state index contributed by atoms with van der Waals surface area (Å²) in [6.07, 6.45) is 0. The molecule has 2 rings (SSSR count). The second kappa shape index (κ2) is 4.18. The standard InChI is InChI=1S/C10H11FN4O/c1-15-10(16)13-9(14-15)6-12-8-4-2-7(11)3-5-8/h2-5,12H,6H2,1H3,(H,13,14,16). The first kappa shape index (κ1) is 10.4. The number of nitrogens with one attached hydrogen (secondary N) is 2. The topological polar surface area (TPSA) is 62.7 Å². The Hall–Kier alpha value is -2.11. The lowest BCUT2D eigenvalue weighted by atomic mass is 10.3. The average Bonchev–Trinajstić information content (AvgIpc) is 2.58. The van der Waals surface area contributed by atoms with Gasteiger partial charge >= 0.3 is 5.69 Å². The Labute approximate surface area is 90.9 Å². The van der Waals surface area contributed by atoms with E-state index in [0.29, 0.717) is 12.4 Å². The molecule has 0 fully saturated rings. The molecule has 6 heteroatoms. The predicted octanol–water partition coefficient (Wildman–Crippen LogP) is 0.860. The van der Waals surface area contributed by atoms with Gasteiger partial charge in [0.25, 0.3) is 0 Å². The molecule has 1 aromatic carbocycles. The van der Waals surface area contributed by atoms with Crippen molar-refractivity contribution >= 4 is 5.69 Å². The van der Waals surface area contributed by atoms with Crippen molar-refractivity contribution in [1.82, 2.24) is 14.8 Å². The minimum absolute atomic E-state index is 0.254. The fraction of sp³-hybridized carbons (Fsp3) is 0.200. The Morgan fingerprint density at radius 3 is 2.69 bits per heavy atom. The van der Waals surface area contributed by atoms with E-state index in [0.717, 1.165) is 5.69 Å². The van der Waals surface area contributed by atoms with Gasteiger partial charge in [-0.15, -0.1) is 0 Å². The Morgan fingerprint density at radius 2 is 2.12 bits per heavy atom. The maximum atomic E-state index is 12.6. The van der Waals surface area contributed by atoms with Crippen LogP contribution in [0.3, 0.4) is 0 Å². The summed E-state index contributed by atoms with van der Waals surface area (Å²) in [6.45, 7) is 0.391. The first-order valence-corrected chi connectivity index (χ1v) is 4.77. The molecule has 0 amide bonds. The van der Waals surface area contributed by atoms with E-state index >= 15 is 0 Å². The predicted molar refractivity (Wildman–Crippen MR) is 57.6 cm³/mol. The van der Waals surface area contributed by atoms with E-state index in [4.69, 9.17) is 0 Å². The highest BCUT2D eigenvalue weighted by atomic mass is 19.1. The van der Waals surface area contributed by atoms with Crippen LogP contribution >= 0.6 is 0 Å². The van der Waals surface area contributed by atoms with E-state index in [9.17, 15) is 9.18 Å². The summed E-state index contributed by atoms with van der Waals surface area (Å²) in [5.74, 6) is 0.258. The number of rotatable bonds is 3. The molecule has 2 aromatic rings. The number of hydrogen-bond donors (Lipinski definition) is 2. The van der Waals surface area contributed by atoms with Crippen molar-refractivity contribution in [3.63, 3.8) is 0 Å². The van der Waals surface area contributed by atoms with E-state index in [1.54, 1.807) is 19.2 Å². The van der Waals surface area contributed by atoms with Crippen molar-refractivity contribution in [3.05, 3.63) is 46.4 Å². The molecule has 1 aromatic heterocycles. The maximum absolute atomic E-state index is 12.6. The van der Waals surface area contributed by atoms with Crippen molar-refractivity contribution in [2.24, 2.45) is 7.05 Å². The normalized spacial score (nSPS) is 10.4. The van der Waals surface area contributed by atoms with Crippen LogP contribution in [0.1, 0.15) is 5.82 Å². The smallest absolute Gasteiger partial charge is 0.343 e. The SMILES string of the molecule is Cn1nc(CNc2ccc(F)cc2)[nH]c1=O. The molecule has 0 radical (unpaired) electrons. The van der Waals surface area contributed by atoms with Gasteiger partial charge in [-0.1, -0.05) is 0 Å². The van der Waals surface area contributed by atoms with Crippen molar-refractivity contribution in [1.29, 1.82) is 0 Å². The Morgan fingerprint density at radius 1 is 1.44 bits per heavy atom. The van der Waals surface area contributed by atoms with Gasteiger partial charge in [0.15, 0.2) is 0 Å². The maximum Gasteiger partial charge on any atom is 0.343 e. The van der Waals surface area contributed by atoms with Crippen molar-refractivity contribution < 1.29 is 4.39 Å². The Kier molecular flexibility index (Phi) is 2.72. The molecule has 1 heterocycles. The molecule has 16 heavy (non-hydrogen) atoms. The van der Waals surface area contributed by atoms with Gasteiger partial charge in [-0.25, -0.2) is 13.9 Å². The van der Waals surface area contributed by atoms with Gasteiger partial charge in [0.1, 0.15) is 11.6 Å². The Balaban J connectivity index is 2.02. The summed E-state index contributed by atoms with van der Waals surface area (Å²) in [4.78, 5) is 13.6. The molecule has 0 spiro atoms. The van der Waals surface area contributed by atoms with Crippen LogP contribution in [-0.4, -0.2) is 14.8 Å². The molecular formula is C10H11FN4O. The quantitative estimate of drug-likeness (QED) is 0.809. The molecule has 2 N–H and O–H groups in total. The number of halogens is 1. The number of anilines is 1. The van der Waals surface area contributed by atoms with Crippen molar-refractivity contribution in [3.8, 4) is 0 Å². The second-order valence-corrected chi connectivity index (χ2v) is 3.36. The van der Waals surface area contributed by atoms with Gasteiger partial charge < -0.3 is 5.32 Å². The van der Waals surface area contributed by atoms with Gasteiger partial charge in [-0.2, -0.15) is 5.10 Å². The second-order valence-electron chi connectivity index (χ2n) is 3.36. The van der Waals surface area contributed by atoms with Crippen molar-refractivity contribution in [2.75, 3.05) is 5.32 Å². The number of aromatic amines is 1. The molecule has 0 atom stereocenters. The molecule has 0 saturated heterocycles. The highest BCUT2D eigenvalue weighted by Crippen LogP contribution is 2.08. The van der Waals surface area contributed by atoms with E-state index in [2.05, 4.69) is 15.4 Å². The van der Waals surface area contributed by atoms with Crippen LogP contribution in [-0.2, 0) is 13.6 Å². The summed E-state index contributed by atoms with van der Waals surface area (Å²) in [6, 6.07) is 5.97. The van der Waals surface area contributed by atoms with Crippen LogP contribution < -0.4 is 11.0 Å². The first-order valence-electron chi connectivity index (χ1n) is 4.77. The highest BCUT2D eigenvalue weighted by Gasteiger charge is 2.00. The molecular weight excluding hydrogens is 211 g/mol. The number of benzene rings is 1. The van der Waals surface area contributed by atoms with E-state index in [-0.39, 0.29) is 11.5 Å². The van der Waals surface area contributed by atoms with Crippen LogP contribution in [0.25, 0.3) is 0 Å². The van der Waals surface area contributed by atoms with Crippen LogP contribution in [0, 0.1) is 5.82 Å². The summed E-state index contributed by atoms with van der Waals surface area (Å²) < 4.78 is 13.8. The molecule has 0 aliphatic heterocycles. The van der Waals surface area contributed by atoms with Crippen LogP contribution in [0.2, 0.25) is 0 Å². The zero-order chi connectivity index (χ0) is 11.5. The van der Waals surface area contributed by atoms with Crippen LogP contribution in [0.4, 0.5) is 10.1 Å². The molecule has 0 aliphatic carbocycles. The molecule has 5 nitrogen and oxygen atoms in total. The zero-order valence-electron chi connectivity index (χ0n) is 8.70. The van der Waals surface area contributed by atoms with Gasteiger partial charge in [0.2, 0.25) is 0 Å². The Bertz CT molecular complexity index is 528. The summed E-state index contributed by atoms with van der Waals surface area (Å²) >= 11 is 0. The van der Waals surface area contributed by atoms with E-state index in [1.807, 2.05) is 0 Å². The molecule has 84 valence electrons. The fourth-order valence-electron chi connectivity index (χ4n) is 1.29. The van der Waals surface area contributed by atoms with Crippen molar-refractivity contribution in [2.45, 2.75) is 6.54 Å². The lowest BCUT2D eigenvalue weighted by Crippen LogP contribution is -2.13. The number of hydrogen-bond acceptors (Lipinski definition) is 3. The molecule has 0 aliphatic rings. The van der Waals surface area contributed by atoms with E-state index < -0.39 is 0 Å². The van der Waals surface area contributed by atoms with Gasteiger partial charge in [-0.05, 0) is 24.3 Å². The monoisotopic (exact) mass is 222 g/mol. The van der Waals surface area contributed by atoms with E-state index in [1.165, 1.54) is 16.8 Å². The average molecular weight is 222 g/mol. The number of aromatic nitrogens is 3. The highest BCUT2D eigenvalue weighted by molar-refractivity contribution is 5.42.